The van der Waals surface area contributed by atoms with E-state index in [1.807, 2.05) is 30.9 Å². The molecular formula is C22H29NO4S. The zero-order valence-electron chi connectivity index (χ0n) is 16.6. The lowest BCUT2D eigenvalue weighted by molar-refractivity contribution is -0.128. The second-order valence-electron chi connectivity index (χ2n) is 7.13. The number of carbonyl (C=O) groups excluding carboxylic acids is 1. The molecule has 152 valence electrons. The van der Waals surface area contributed by atoms with Crippen molar-refractivity contribution in [3.05, 3.63) is 34.0 Å². The Hall–Kier alpha value is -2.10. The summed E-state index contributed by atoms with van der Waals surface area (Å²) in [6.07, 6.45) is 7.52. The van der Waals surface area contributed by atoms with Crippen LogP contribution in [0.3, 0.4) is 0 Å². The molecule has 2 rings (SSSR count). The van der Waals surface area contributed by atoms with E-state index in [1.165, 1.54) is 11.3 Å². The standard InChI is InChI=1S/C22H29NO4S/c1-3-4-5-7-16(2)19(24)12-9-17-10-14-21(25)23(17)15-6-8-18-11-13-20(28-18)22(26)27/h9,11-13,16-17,19,24H,3,6-8,10,14-15H2,1-2H3,(H,26,27)/t16?,17?,19-/m0/s1. The number of carboxylic acids is 1. The molecule has 2 N–H and O–H groups in total. The molecule has 1 aromatic heterocycles. The second kappa shape index (κ2) is 11.0. The van der Waals surface area contributed by atoms with Gasteiger partial charge in [-0.05, 0) is 37.3 Å². The summed E-state index contributed by atoms with van der Waals surface area (Å²) in [4.78, 5) is 26.4. The number of aliphatic hydroxyl groups is 1. The molecule has 0 aromatic carbocycles. The number of likely N-dealkylation sites (tertiary alicyclic amines) is 1. The van der Waals surface area contributed by atoms with Gasteiger partial charge in [-0.2, -0.15) is 0 Å². The number of nitrogens with zero attached hydrogens (tertiary/aromatic N) is 1. The molecule has 1 saturated heterocycles. The number of aromatic carboxylic acids is 1. The van der Waals surface area contributed by atoms with Crippen molar-refractivity contribution in [2.45, 2.75) is 64.5 Å². The predicted molar refractivity (Wildman–Crippen MR) is 111 cm³/mol. The molecule has 2 heterocycles. The van der Waals surface area contributed by atoms with E-state index in [0.29, 0.717) is 24.3 Å². The summed E-state index contributed by atoms with van der Waals surface area (Å²) in [6.45, 7) is 4.62. The van der Waals surface area contributed by atoms with Crippen molar-refractivity contribution in [3.63, 3.8) is 0 Å². The van der Waals surface area contributed by atoms with Gasteiger partial charge in [0, 0.05) is 30.7 Å². The minimum absolute atomic E-state index is 0.0222. The highest BCUT2D eigenvalue weighted by Crippen LogP contribution is 2.23. The molecule has 1 aromatic rings. The Balaban J connectivity index is 1.85. The average Bonchev–Trinajstić information content (AvgIpc) is 3.27. The number of thiophene rings is 1. The molecule has 1 amide bonds. The number of hydrogen-bond acceptors (Lipinski definition) is 4. The van der Waals surface area contributed by atoms with E-state index >= 15 is 0 Å². The predicted octanol–water partition coefficient (Wildman–Crippen LogP) is 3.73. The van der Waals surface area contributed by atoms with Gasteiger partial charge >= 0.3 is 5.97 Å². The highest BCUT2D eigenvalue weighted by atomic mass is 32.1. The zero-order valence-corrected chi connectivity index (χ0v) is 17.4. The van der Waals surface area contributed by atoms with Gasteiger partial charge < -0.3 is 15.1 Å². The topological polar surface area (TPSA) is 77.8 Å². The maximum absolute atomic E-state index is 12.2. The van der Waals surface area contributed by atoms with Crippen LogP contribution < -0.4 is 0 Å². The Morgan fingerprint density at radius 3 is 2.89 bits per heavy atom. The largest absolute Gasteiger partial charge is 0.477 e. The molecule has 0 aliphatic carbocycles. The van der Waals surface area contributed by atoms with E-state index in [-0.39, 0.29) is 17.9 Å². The normalized spacial score (nSPS) is 18.9. The Morgan fingerprint density at radius 1 is 1.43 bits per heavy atom. The van der Waals surface area contributed by atoms with Crippen LogP contribution >= 0.6 is 11.3 Å². The summed E-state index contributed by atoms with van der Waals surface area (Å²) in [5, 5.41) is 19.3. The van der Waals surface area contributed by atoms with Gasteiger partial charge in [0.15, 0.2) is 0 Å². The van der Waals surface area contributed by atoms with Crippen LogP contribution in [0, 0.1) is 17.8 Å². The SMILES string of the molecule is CCC#CCC(C)[C@@H](O)C=CC1CCC(=O)N1CCCc1ccc(C(=O)O)s1. The van der Waals surface area contributed by atoms with Crippen LogP contribution in [0.5, 0.6) is 0 Å². The quantitative estimate of drug-likeness (QED) is 0.486. The molecule has 3 atom stereocenters. The summed E-state index contributed by atoms with van der Waals surface area (Å²) in [5.41, 5.74) is 0. The lowest BCUT2D eigenvalue weighted by atomic mass is 10.00. The third-order valence-corrected chi connectivity index (χ3v) is 6.04. The molecule has 1 fully saturated rings. The van der Waals surface area contributed by atoms with Crippen molar-refractivity contribution >= 4 is 23.2 Å². The van der Waals surface area contributed by atoms with E-state index in [9.17, 15) is 14.7 Å². The number of carboxylic acid groups (broad SMARTS) is 1. The molecule has 1 aliphatic heterocycles. The van der Waals surface area contributed by atoms with E-state index < -0.39 is 12.1 Å². The third-order valence-electron chi connectivity index (χ3n) is 4.91. The number of carbonyl (C=O) groups is 2. The minimum Gasteiger partial charge on any atom is -0.477 e. The third kappa shape index (κ3) is 6.50. The molecule has 6 heteroatoms. The molecule has 2 unspecified atom stereocenters. The molecule has 1 aliphatic rings. The first-order chi connectivity index (χ1) is 13.4. The smallest absolute Gasteiger partial charge is 0.345 e. The fraction of sp³-hybridized carbons (Fsp3) is 0.545. The number of aryl methyl sites for hydroxylation is 1. The molecular weight excluding hydrogens is 374 g/mol. The number of hydrogen-bond donors (Lipinski definition) is 2. The summed E-state index contributed by atoms with van der Waals surface area (Å²) >= 11 is 1.29. The fourth-order valence-corrected chi connectivity index (χ4v) is 4.10. The second-order valence-corrected chi connectivity index (χ2v) is 8.30. The molecule has 5 nitrogen and oxygen atoms in total. The van der Waals surface area contributed by atoms with Gasteiger partial charge in [0.05, 0.1) is 12.1 Å². The summed E-state index contributed by atoms with van der Waals surface area (Å²) < 4.78 is 0. The van der Waals surface area contributed by atoms with E-state index in [4.69, 9.17) is 5.11 Å². The van der Waals surface area contributed by atoms with Crippen LogP contribution in [0.15, 0.2) is 24.3 Å². The lowest BCUT2D eigenvalue weighted by Gasteiger charge is -2.23. The maximum atomic E-state index is 12.2. The first kappa shape index (κ1) is 22.2. The van der Waals surface area contributed by atoms with Gasteiger partial charge in [-0.25, -0.2) is 4.79 Å². The molecule has 28 heavy (non-hydrogen) atoms. The average molecular weight is 404 g/mol. The monoisotopic (exact) mass is 403 g/mol. The number of amides is 1. The van der Waals surface area contributed by atoms with Gasteiger partial charge in [0.25, 0.3) is 0 Å². The Kier molecular flexibility index (Phi) is 8.75. The van der Waals surface area contributed by atoms with Gasteiger partial charge in [0.1, 0.15) is 4.88 Å². The Morgan fingerprint density at radius 2 is 2.21 bits per heavy atom. The van der Waals surface area contributed by atoms with Crippen molar-refractivity contribution in [1.82, 2.24) is 4.90 Å². The minimum atomic E-state index is -0.898. The van der Waals surface area contributed by atoms with Gasteiger partial charge in [-0.15, -0.1) is 23.2 Å². The van der Waals surface area contributed by atoms with Crippen LogP contribution in [-0.2, 0) is 11.2 Å². The van der Waals surface area contributed by atoms with Gasteiger partial charge in [0.2, 0.25) is 5.91 Å². The van der Waals surface area contributed by atoms with Crippen LogP contribution in [-0.4, -0.2) is 45.7 Å². The Bertz CT molecular complexity index is 758. The number of aliphatic hydroxyl groups excluding tert-OH is 1. The van der Waals surface area contributed by atoms with Crippen LogP contribution in [0.25, 0.3) is 0 Å². The molecule has 0 saturated carbocycles. The first-order valence-electron chi connectivity index (χ1n) is 9.86. The highest BCUT2D eigenvalue weighted by molar-refractivity contribution is 7.13. The number of rotatable bonds is 9. The first-order valence-corrected chi connectivity index (χ1v) is 10.7. The highest BCUT2D eigenvalue weighted by Gasteiger charge is 2.28. The van der Waals surface area contributed by atoms with E-state index in [2.05, 4.69) is 11.8 Å². The Labute approximate surface area is 171 Å². The summed E-state index contributed by atoms with van der Waals surface area (Å²) in [6, 6.07) is 3.49. The van der Waals surface area contributed by atoms with Crippen molar-refractivity contribution in [2.24, 2.45) is 5.92 Å². The maximum Gasteiger partial charge on any atom is 0.345 e. The van der Waals surface area contributed by atoms with E-state index in [0.717, 1.165) is 30.6 Å². The summed E-state index contributed by atoms with van der Waals surface area (Å²) in [5.74, 6) is 5.39. The van der Waals surface area contributed by atoms with Crippen LogP contribution in [0.2, 0.25) is 0 Å². The molecule has 0 spiro atoms. The summed E-state index contributed by atoms with van der Waals surface area (Å²) in [7, 11) is 0. The van der Waals surface area contributed by atoms with Gasteiger partial charge in [-0.3, -0.25) is 4.79 Å². The van der Waals surface area contributed by atoms with Crippen molar-refractivity contribution in [1.29, 1.82) is 0 Å². The van der Waals surface area contributed by atoms with Crippen molar-refractivity contribution in [2.75, 3.05) is 6.54 Å². The van der Waals surface area contributed by atoms with Crippen LogP contribution in [0.1, 0.15) is 60.5 Å². The van der Waals surface area contributed by atoms with Crippen LogP contribution in [0.4, 0.5) is 0 Å². The fourth-order valence-electron chi connectivity index (χ4n) is 3.21. The van der Waals surface area contributed by atoms with E-state index in [1.54, 1.807) is 12.1 Å². The molecule has 0 bridgehead atoms. The van der Waals surface area contributed by atoms with Gasteiger partial charge in [-0.1, -0.05) is 26.0 Å². The molecule has 0 radical (unpaired) electrons. The zero-order chi connectivity index (χ0) is 20.5. The van der Waals surface area contributed by atoms with Crippen molar-refractivity contribution < 1.29 is 19.8 Å². The van der Waals surface area contributed by atoms with Crippen molar-refractivity contribution in [3.8, 4) is 11.8 Å². The lowest BCUT2D eigenvalue weighted by Crippen LogP contribution is -2.33.